The van der Waals surface area contributed by atoms with Crippen LogP contribution in [0.5, 0.6) is 11.5 Å². The average Bonchev–Trinajstić information content (AvgIpc) is 3.20. The lowest BCUT2D eigenvalue weighted by Gasteiger charge is -2.34. The van der Waals surface area contributed by atoms with Gasteiger partial charge in [0.2, 0.25) is 22.7 Å². The van der Waals surface area contributed by atoms with Gasteiger partial charge in [-0.05, 0) is 42.3 Å². The summed E-state index contributed by atoms with van der Waals surface area (Å²) in [6.07, 6.45) is 0.976. The minimum Gasteiger partial charge on any atom is -0.454 e. The molecule has 2 aromatic carbocycles. The highest BCUT2D eigenvalue weighted by Crippen LogP contribution is 2.32. The van der Waals surface area contributed by atoms with E-state index in [4.69, 9.17) is 9.47 Å². The zero-order valence-electron chi connectivity index (χ0n) is 15.7. The summed E-state index contributed by atoms with van der Waals surface area (Å²) in [5, 5.41) is 0. The van der Waals surface area contributed by atoms with E-state index in [1.807, 2.05) is 18.2 Å². The summed E-state index contributed by atoms with van der Waals surface area (Å²) < 4.78 is 38.4. The first-order valence-electron chi connectivity index (χ1n) is 9.35. The molecule has 9 heteroatoms. The van der Waals surface area contributed by atoms with Crippen LogP contribution in [0.1, 0.15) is 12.0 Å². The molecule has 0 bridgehead atoms. The van der Waals surface area contributed by atoms with Gasteiger partial charge in [-0.3, -0.25) is 4.79 Å². The Morgan fingerprint density at radius 2 is 1.76 bits per heavy atom. The van der Waals surface area contributed by atoms with Gasteiger partial charge in [-0.1, -0.05) is 28.1 Å². The average molecular weight is 481 g/mol. The Kier molecular flexibility index (Phi) is 5.80. The molecule has 1 fully saturated rings. The van der Waals surface area contributed by atoms with E-state index in [9.17, 15) is 13.2 Å². The molecule has 0 saturated carbocycles. The van der Waals surface area contributed by atoms with Gasteiger partial charge in [0.05, 0.1) is 4.90 Å². The number of ether oxygens (including phenoxy) is 2. The molecule has 4 rings (SSSR count). The van der Waals surface area contributed by atoms with Crippen molar-refractivity contribution in [2.45, 2.75) is 17.7 Å². The Bertz CT molecular complexity index is 1020. The zero-order valence-corrected chi connectivity index (χ0v) is 18.1. The number of aryl methyl sites for hydroxylation is 1. The number of halogens is 1. The minimum absolute atomic E-state index is 0.0298. The number of rotatable bonds is 5. The molecule has 7 nitrogen and oxygen atoms in total. The van der Waals surface area contributed by atoms with Gasteiger partial charge in [0.1, 0.15) is 0 Å². The molecule has 2 aliphatic heterocycles. The highest BCUT2D eigenvalue weighted by molar-refractivity contribution is 9.10. The zero-order chi connectivity index (χ0) is 20.4. The van der Waals surface area contributed by atoms with Crippen molar-refractivity contribution in [1.29, 1.82) is 0 Å². The Morgan fingerprint density at radius 1 is 1.00 bits per heavy atom. The topological polar surface area (TPSA) is 76.2 Å². The summed E-state index contributed by atoms with van der Waals surface area (Å²) >= 11 is 3.31. The van der Waals surface area contributed by atoms with Crippen LogP contribution in [0.4, 0.5) is 0 Å². The molecular weight excluding hydrogens is 460 g/mol. The first-order valence-corrected chi connectivity index (χ1v) is 11.6. The third-order valence-corrected chi connectivity index (χ3v) is 7.48. The van der Waals surface area contributed by atoms with Crippen LogP contribution >= 0.6 is 15.9 Å². The Labute approximate surface area is 178 Å². The van der Waals surface area contributed by atoms with Crippen LogP contribution in [-0.2, 0) is 21.2 Å². The van der Waals surface area contributed by atoms with Crippen LogP contribution in [0, 0.1) is 0 Å². The molecule has 154 valence electrons. The van der Waals surface area contributed by atoms with Crippen molar-refractivity contribution < 1.29 is 22.7 Å². The van der Waals surface area contributed by atoms with Crippen molar-refractivity contribution in [3.8, 4) is 11.5 Å². The first kappa shape index (κ1) is 20.2. The third-order valence-electron chi connectivity index (χ3n) is 5.09. The maximum Gasteiger partial charge on any atom is 0.243 e. The van der Waals surface area contributed by atoms with Gasteiger partial charge in [-0.15, -0.1) is 0 Å². The van der Waals surface area contributed by atoms with Gasteiger partial charge in [-0.2, -0.15) is 4.31 Å². The van der Waals surface area contributed by atoms with E-state index in [0.29, 0.717) is 44.8 Å². The van der Waals surface area contributed by atoms with Crippen LogP contribution in [0.25, 0.3) is 0 Å². The molecule has 2 aromatic rings. The number of nitrogens with zero attached hydrogens (tertiary/aromatic N) is 2. The van der Waals surface area contributed by atoms with Crippen molar-refractivity contribution in [1.82, 2.24) is 9.21 Å². The van der Waals surface area contributed by atoms with Crippen LogP contribution in [0.2, 0.25) is 0 Å². The number of carbonyl (C=O) groups is 1. The number of hydrogen-bond acceptors (Lipinski definition) is 5. The fourth-order valence-electron chi connectivity index (χ4n) is 3.46. The summed E-state index contributed by atoms with van der Waals surface area (Å²) in [6.45, 7) is 1.61. The number of sulfonamides is 1. The van der Waals surface area contributed by atoms with Gasteiger partial charge in [0.25, 0.3) is 0 Å². The van der Waals surface area contributed by atoms with Crippen LogP contribution in [-0.4, -0.2) is 56.5 Å². The van der Waals surface area contributed by atoms with E-state index < -0.39 is 10.0 Å². The molecule has 0 aromatic heterocycles. The summed E-state index contributed by atoms with van der Waals surface area (Å²) in [7, 11) is -3.56. The predicted molar refractivity (Wildman–Crippen MR) is 110 cm³/mol. The van der Waals surface area contributed by atoms with Crippen LogP contribution < -0.4 is 9.47 Å². The fourth-order valence-corrected chi connectivity index (χ4v) is 5.48. The quantitative estimate of drug-likeness (QED) is 0.657. The highest BCUT2D eigenvalue weighted by Gasteiger charge is 2.30. The lowest BCUT2D eigenvalue weighted by molar-refractivity contribution is -0.132. The van der Waals surface area contributed by atoms with Crippen LogP contribution in [0.3, 0.4) is 0 Å². The largest absolute Gasteiger partial charge is 0.454 e. The van der Waals surface area contributed by atoms with E-state index in [1.165, 1.54) is 4.31 Å². The van der Waals surface area contributed by atoms with Crippen molar-refractivity contribution in [2.24, 2.45) is 0 Å². The molecule has 2 heterocycles. The molecular formula is C20H21BrN2O5S. The molecule has 0 aliphatic carbocycles. The summed E-state index contributed by atoms with van der Waals surface area (Å²) in [5.74, 6) is 1.46. The molecule has 0 atom stereocenters. The second kappa shape index (κ2) is 8.33. The predicted octanol–water partition coefficient (Wildman–Crippen LogP) is 2.64. The number of hydrogen-bond donors (Lipinski definition) is 0. The Balaban J connectivity index is 1.31. The lowest BCUT2D eigenvalue weighted by atomic mass is 10.1. The fraction of sp³-hybridized carbons (Fsp3) is 0.350. The minimum atomic E-state index is -3.56. The molecule has 0 spiro atoms. The molecule has 1 amide bonds. The van der Waals surface area contributed by atoms with E-state index in [1.54, 1.807) is 29.2 Å². The number of amides is 1. The maximum atomic E-state index is 12.8. The Morgan fingerprint density at radius 3 is 2.52 bits per heavy atom. The first-order chi connectivity index (χ1) is 13.9. The summed E-state index contributed by atoms with van der Waals surface area (Å²) in [4.78, 5) is 14.6. The Hall–Kier alpha value is -2.10. The summed E-state index contributed by atoms with van der Waals surface area (Å²) in [5.41, 5.74) is 1.01. The van der Waals surface area contributed by atoms with Gasteiger partial charge < -0.3 is 14.4 Å². The molecule has 1 saturated heterocycles. The normalized spacial score (nSPS) is 16.8. The van der Waals surface area contributed by atoms with Gasteiger partial charge in [0, 0.05) is 37.1 Å². The van der Waals surface area contributed by atoms with E-state index in [2.05, 4.69) is 15.9 Å². The molecule has 0 radical (unpaired) electrons. The molecule has 29 heavy (non-hydrogen) atoms. The monoisotopic (exact) mass is 480 g/mol. The SMILES string of the molecule is O=C(CCc1ccc2c(c1)OCO2)N1CCN(S(=O)(=O)c2cccc(Br)c2)CC1. The smallest absolute Gasteiger partial charge is 0.243 e. The number of carbonyl (C=O) groups excluding carboxylic acids is 1. The molecule has 2 aliphatic rings. The summed E-state index contributed by atoms with van der Waals surface area (Å²) in [6, 6.07) is 12.4. The second-order valence-corrected chi connectivity index (χ2v) is 9.78. The molecule has 0 N–H and O–H groups in total. The van der Waals surface area contributed by atoms with Gasteiger partial charge in [-0.25, -0.2) is 8.42 Å². The van der Waals surface area contributed by atoms with Crippen molar-refractivity contribution in [2.75, 3.05) is 33.0 Å². The van der Waals surface area contributed by atoms with Crippen molar-refractivity contribution in [3.63, 3.8) is 0 Å². The lowest BCUT2D eigenvalue weighted by Crippen LogP contribution is -2.50. The third kappa shape index (κ3) is 4.41. The van der Waals surface area contributed by atoms with E-state index in [0.717, 1.165) is 15.8 Å². The number of piperazine rings is 1. The van der Waals surface area contributed by atoms with Gasteiger partial charge in [0.15, 0.2) is 11.5 Å². The number of fused-ring (bicyclic) bond motifs is 1. The molecule has 0 unspecified atom stereocenters. The standard InChI is InChI=1S/C20H21BrN2O5S/c21-16-2-1-3-17(13-16)29(25,26)23-10-8-22(9-11-23)20(24)7-5-15-4-6-18-19(12-15)28-14-27-18/h1-4,6,12-13H,5,7-11,14H2. The van der Waals surface area contributed by atoms with Crippen molar-refractivity contribution in [3.05, 3.63) is 52.5 Å². The van der Waals surface area contributed by atoms with E-state index in [-0.39, 0.29) is 17.6 Å². The maximum absolute atomic E-state index is 12.8. The highest BCUT2D eigenvalue weighted by atomic mass is 79.9. The van der Waals surface area contributed by atoms with E-state index >= 15 is 0 Å². The second-order valence-electron chi connectivity index (χ2n) is 6.93. The van der Waals surface area contributed by atoms with Crippen molar-refractivity contribution >= 4 is 31.9 Å². The van der Waals surface area contributed by atoms with Crippen LogP contribution in [0.15, 0.2) is 51.8 Å². The van der Waals surface area contributed by atoms with Gasteiger partial charge >= 0.3 is 0 Å². The number of benzene rings is 2.